The molecule has 0 spiro atoms. The molecule has 42 heavy (non-hydrogen) atoms. The van der Waals surface area contributed by atoms with E-state index in [0.717, 1.165) is 34.7 Å². The van der Waals surface area contributed by atoms with Gasteiger partial charge in [-0.2, -0.15) is 0 Å². The van der Waals surface area contributed by atoms with Crippen LogP contribution in [-0.2, 0) is 32.6 Å². The second kappa shape index (κ2) is 16.3. The molecule has 0 fully saturated rings. The van der Waals surface area contributed by atoms with Crippen LogP contribution in [0, 0.1) is 0 Å². The topological polar surface area (TPSA) is 96.0 Å². The lowest BCUT2D eigenvalue weighted by molar-refractivity contribution is -0.141. The maximum atomic E-state index is 13.9. The second-order valence-corrected chi connectivity index (χ2v) is 12.9. The molecule has 226 valence electrons. The van der Waals surface area contributed by atoms with E-state index in [0.29, 0.717) is 24.4 Å². The van der Waals surface area contributed by atoms with Crippen LogP contribution in [0.15, 0.2) is 83.3 Å². The van der Waals surface area contributed by atoms with Gasteiger partial charge in [0.1, 0.15) is 11.8 Å². The summed E-state index contributed by atoms with van der Waals surface area (Å²) in [5, 5.41) is 3.02. The van der Waals surface area contributed by atoms with Gasteiger partial charge in [0.25, 0.3) is 0 Å². The van der Waals surface area contributed by atoms with Crippen molar-refractivity contribution in [2.45, 2.75) is 51.6 Å². The second-order valence-electron chi connectivity index (χ2n) is 10.1. The fraction of sp³-hybridized carbons (Fsp3) is 0.375. The molecule has 8 nitrogen and oxygen atoms in total. The number of methoxy groups -OCH3 is 1. The number of carbonyl (C=O) groups is 2. The van der Waals surface area contributed by atoms with Crippen LogP contribution >= 0.6 is 15.9 Å². The van der Waals surface area contributed by atoms with Crippen molar-refractivity contribution in [1.82, 2.24) is 10.2 Å². The number of amides is 2. The third-order valence-electron chi connectivity index (χ3n) is 6.85. The Hall–Kier alpha value is -3.37. The molecule has 2 amide bonds. The first-order valence-electron chi connectivity index (χ1n) is 14.1. The predicted molar refractivity (Wildman–Crippen MR) is 171 cm³/mol. The van der Waals surface area contributed by atoms with Crippen molar-refractivity contribution in [1.29, 1.82) is 0 Å². The molecule has 0 aromatic heterocycles. The standard InChI is InChI=1S/C32H40BrN3O5S/c1-4-5-20-34-32(38)29(23-25-13-7-6-8-14-25)35(24-26-15-11-16-27(33)22-26)31(37)19-12-21-36(42(3,39)40)28-17-9-10-18-30(28)41-2/h6-11,13-18,22,29H,4-5,12,19-21,23-24H2,1-3H3,(H,34,38). The lowest BCUT2D eigenvalue weighted by Crippen LogP contribution is -2.50. The molecule has 0 aliphatic heterocycles. The molecular weight excluding hydrogens is 618 g/mol. The van der Waals surface area contributed by atoms with Gasteiger partial charge in [0.15, 0.2) is 0 Å². The summed E-state index contributed by atoms with van der Waals surface area (Å²) in [4.78, 5) is 29.1. The molecule has 1 atom stereocenters. The highest BCUT2D eigenvalue weighted by atomic mass is 79.9. The van der Waals surface area contributed by atoms with Crippen LogP contribution in [0.1, 0.15) is 43.7 Å². The third-order valence-corrected chi connectivity index (χ3v) is 8.52. The average Bonchev–Trinajstić information content (AvgIpc) is 2.97. The quantitative estimate of drug-likeness (QED) is 0.204. The molecule has 0 heterocycles. The minimum atomic E-state index is -3.65. The van der Waals surface area contributed by atoms with E-state index in [-0.39, 0.29) is 37.7 Å². The summed E-state index contributed by atoms with van der Waals surface area (Å²) in [5.41, 5.74) is 2.24. The Bertz CT molecular complexity index is 1420. The third kappa shape index (κ3) is 9.87. The van der Waals surface area contributed by atoms with Gasteiger partial charge >= 0.3 is 0 Å². The summed E-state index contributed by atoms with van der Waals surface area (Å²) in [6.45, 7) is 2.91. The lowest BCUT2D eigenvalue weighted by atomic mass is 10.0. The number of ether oxygens (including phenoxy) is 1. The number of hydrogen-bond donors (Lipinski definition) is 1. The van der Waals surface area contributed by atoms with E-state index in [4.69, 9.17) is 4.74 Å². The normalized spacial score (nSPS) is 11.9. The number of benzene rings is 3. The largest absolute Gasteiger partial charge is 0.495 e. The van der Waals surface area contributed by atoms with E-state index < -0.39 is 16.1 Å². The van der Waals surface area contributed by atoms with Gasteiger partial charge in [0.2, 0.25) is 21.8 Å². The fourth-order valence-corrected chi connectivity index (χ4v) is 6.13. The first-order valence-corrected chi connectivity index (χ1v) is 16.7. The maximum absolute atomic E-state index is 13.9. The zero-order valence-electron chi connectivity index (χ0n) is 24.5. The fourth-order valence-electron chi connectivity index (χ4n) is 4.71. The summed E-state index contributed by atoms with van der Waals surface area (Å²) in [5.74, 6) is -0.00494. The maximum Gasteiger partial charge on any atom is 0.243 e. The van der Waals surface area contributed by atoms with E-state index >= 15 is 0 Å². The van der Waals surface area contributed by atoms with Crippen molar-refractivity contribution in [2.75, 3.05) is 30.8 Å². The predicted octanol–water partition coefficient (Wildman–Crippen LogP) is 5.56. The van der Waals surface area contributed by atoms with Crippen LogP contribution in [0.2, 0.25) is 0 Å². The lowest BCUT2D eigenvalue weighted by Gasteiger charge is -2.32. The molecule has 1 unspecified atom stereocenters. The van der Waals surface area contributed by atoms with Gasteiger partial charge in [-0.3, -0.25) is 13.9 Å². The van der Waals surface area contributed by atoms with Gasteiger partial charge in [-0.1, -0.05) is 83.9 Å². The van der Waals surface area contributed by atoms with E-state index in [1.54, 1.807) is 29.2 Å². The minimum Gasteiger partial charge on any atom is -0.495 e. The van der Waals surface area contributed by atoms with Gasteiger partial charge in [-0.05, 0) is 48.2 Å². The first kappa shape index (κ1) is 33.1. The number of sulfonamides is 1. The van der Waals surface area contributed by atoms with E-state index in [9.17, 15) is 18.0 Å². The van der Waals surface area contributed by atoms with Crippen LogP contribution < -0.4 is 14.4 Å². The molecule has 0 saturated carbocycles. The molecule has 0 saturated heterocycles. The van der Waals surface area contributed by atoms with Gasteiger partial charge in [-0.25, -0.2) is 8.42 Å². The molecule has 3 aromatic carbocycles. The van der Waals surface area contributed by atoms with E-state index in [2.05, 4.69) is 28.2 Å². The van der Waals surface area contributed by atoms with Gasteiger partial charge in [-0.15, -0.1) is 0 Å². The Balaban J connectivity index is 1.89. The molecule has 0 bridgehead atoms. The van der Waals surface area contributed by atoms with Crippen molar-refractivity contribution in [2.24, 2.45) is 0 Å². The van der Waals surface area contributed by atoms with Crippen molar-refractivity contribution in [3.63, 3.8) is 0 Å². The zero-order chi connectivity index (χ0) is 30.5. The zero-order valence-corrected chi connectivity index (χ0v) is 26.9. The number of carbonyl (C=O) groups excluding carboxylic acids is 2. The SMILES string of the molecule is CCCCNC(=O)C(Cc1ccccc1)N(Cc1cccc(Br)c1)C(=O)CCCN(c1ccccc1OC)S(C)(=O)=O. The van der Waals surface area contributed by atoms with Crippen molar-refractivity contribution >= 4 is 43.5 Å². The molecule has 10 heteroatoms. The Kier molecular flexibility index (Phi) is 12.9. The number of rotatable bonds is 16. The van der Waals surface area contributed by atoms with Crippen LogP contribution in [0.5, 0.6) is 5.75 Å². The smallest absolute Gasteiger partial charge is 0.243 e. The molecule has 0 radical (unpaired) electrons. The number of halogens is 1. The molecular formula is C32H40BrN3O5S. The number of anilines is 1. The Morgan fingerprint density at radius 2 is 1.64 bits per heavy atom. The number of para-hydroxylation sites is 2. The highest BCUT2D eigenvalue weighted by Crippen LogP contribution is 2.30. The van der Waals surface area contributed by atoms with Crippen LogP contribution in [-0.4, -0.2) is 57.6 Å². The van der Waals surface area contributed by atoms with Gasteiger partial charge < -0.3 is 15.0 Å². The summed E-state index contributed by atoms with van der Waals surface area (Å²) >= 11 is 3.51. The van der Waals surface area contributed by atoms with Crippen LogP contribution in [0.3, 0.4) is 0 Å². The van der Waals surface area contributed by atoms with E-state index in [1.807, 2.05) is 54.6 Å². The molecule has 0 aliphatic rings. The van der Waals surface area contributed by atoms with Crippen LogP contribution in [0.4, 0.5) is 5.69 Å². The monoisotopic (exact) mass is 657 g/mol. The molecule has 3 rings (SSSR count). The molecule has 1 N–H and O–H groups in total. The number of nitrogens with one attached hydrogen (secondary N) is 1. The summed E-state index contributed by atoms with van der Waals surface area (Å²) in [6, 6.07) is 23.5. The van der Waals surface area contributed by atoms with Crippen molar-refractivity contribution in [3.05, 3.63) is 94.5 Å². The molecule has 0 aliphatic carbocycles. The first-order chi connectivity index (χ1) is 20.1. The highest BCUT2D eigenvalue weighted by Gasteiger charge is 2.30. The minimum absolute atomic E-state index is 0.0582. The average molecular weight is 659 g/mol. The van der Waals surface area contributed by atoms with Gasteiger partial charge in [0.05, 0.1) is 19.1 Å². The van der Waals surface area contributed by atoms with Crippen molar-refractivity contribution < 1.29 is 22.7 Å². The summed E-state index contributed by atoms with van der Waals surface area (Å²) in [6.07, 6.45) is 3.59. The number of nitrogens with zero attached hydrogens (tertiary/aromatic N) is 2. The Morgan fingerprint density at radius 1 is 0.952 bits per heavy atom. The molecule has 3 aromatic rings. The summed E-state index contributed by atoms with van der Waals surface area (Å²) in [7, 11) is -2.16. The summed E-state index contributed by atoms with van der Waals surface area (Å²) < 4.78 is 33.0. The Labute approximate surface area is 258 Å². The van der Waals surface area contributed by atoms with Gasteiger partial charge in [0, 0.05) is 36.9 Å². The highest BCUT2D eigenvalue weighted by molar-refractivity contribution is 9.10. The Morgan fingerprint density at radius 3 is 2.31 bits per heavy atom. The number of hydrogen-bond acceptors (Lipinski definition) is 5. The van der Waals surface area contributed by atoms with Crippen molar-refractivity contribution in [3.8, 4) is 5.75 Å². The number of unbranched alkanes of at least 4 members (excludes halogenated alkanes) is 1. The van der Waals surface area contributed by atoms with Crippen LogP contribution in [0.25, 0.3) is 0 Å². The van der Waals surface area contributed by atoms with E-state index in [1.165, 1.54) is 11.4 Å².